The normalized spacial score (nSPS) is 16.3. The summed E-state index contributed by atoms with van der Waals surface area (Å²) < 4.78 is 17.4. The van der Waals surface area contributed by atoms with E-state index in [1.54, 1.807) is 0 Å². The molecule has 0 radical (unpaired) electrons. The molecule has 1 aliphatic heterocycles. The topological polar surface area (TPSA) is 39.7 Å². The molecular formula is C22H29NO3. The number of fused-ring (bicyclic) bond motifs is 1. The van der Waals surface area contributed by atoms with Crippen molar-refractivity contribution in [2.75, 3.05) is 19.8 Å². The van der Waals surface area contributed by atoms with E-state index in [0.717, 1.165) is 30.2 Å². The van der Waals surface area contributed by atoms with Gasteiger partial charge in [0, 0.05) is 6.54 Å². The Bertz CT molecular complexity index is 725. The molecule has 1 N–H and O–H groups in total. The highest BCUT2D eigenvalue weighted by molar-refractivity contribution is 5.52. The largest absolute Gasteiger partial charge is 0.491 e. The van der Waals surface area contributed by atoms with Crippen molar-refractivity contribution in [2.24, 2.45) is 0 Å². The average Bonchev–Trinajstić information content (AvgIpc) is 2.62. The van der Waals surface area contributed by atoms with E-state index in [1.165, 1.54) is 16.7 Å². The first-order valence-electron chi connectivity index (χ1n) is 9.54. The Morgan fingerprint density at radius 1 is 1.00 bits per heavy atom. The van der Waals surface area contributed by atoms with Crippen molar-refractivity contribution in [3.8, 4) is 17.2 Å². The molecule has 0 unspecified atom stereocenters. The zero-order chi connectivity index (χ0) is 18.5. The summed E-state index contributed by atoms with van der Waals surface area (Å²) in [5, 5.41) is 3.64. The monoisotopic (exact) mass is 355 g/mol. The molecule has 4 heteroatoms. The van der Waals surface area contributed by atoms with Gasteiger partial charge >= 0.3 is 0 Å². The van der Waals surface area contributed by atoms with Crippen LogP contribution in [0.2, 0.25) is 0 Å². The minimum absolute atomic E-state index is 0.154. The van der Waals surface area contributed by atoms with Gasteiger partial charge in [-0.15, -0.1) is 0 Å². The Kier molecular flexibility index (Phi) is 6.04. The number of ether oxygens (including phenoxy) is 3. The highest BCUT2D eigenvalue weighted by Gasteiger charge is 2.24. The second-order valence-corrected chi connectivity index (χ2v) is 6.74. The lowest BCUT2D eigenvalue weighted by Gasteiger charge is -2.29. The first kappa shape index (κ1) is 18.6. The molecule has 0 saturated carbocycles. The van der Waals surface area contributed by atoms with Gasteiger partial charge in [0.1, 0.15) is 5.75 Å². The van der Waals surface area contributed by atoms with Crippen molar-refractivity contribution >= 4 is 0 Å². The fraction of sp³-hybridized carbons (Fsp3) is 0.455. The van der Waals surface area contributed by atoms with Crippen molar-refractivity contribution in [3.05, 3.63) is 53.1 Å². The summed E-state index contributed by atoms with van der Waals surface area (Å²) in [6.07, 6.45) is 1.17. The number of nitrogens with one attached hydrogen (secondary N) is 1. The lowest BCUT2D eigenvalue weighted by molar-refractivity contribution is 0.242. The smallest absolute Gasteiger partial charge is 0.161 e. The van der Waals surface area contributed by atoms with Gasteiger partial charge in [-0.05, 0) is 75.1 Å². The van der Waals surface area contributed by atoms with E-state index < -0.39 is 0 Å². The molecular weight excluding hydrogens is 326 g/mol. The van der Waals surface area contributed by atoms with E-state index in [-0.39, 0.29) is 12.1 Å². The van der Waals surface area contributed by atoms with Crippen molar-refractivity contribution in [2.45, 2.75) is 46.3 Å². The molecule has 1 aliphatic rings. The van der Waals surface area contributed by atoms with Gasteiger partial charge in [-0.3, -0.25) is 0 Å². The van der Waals surface area contributed by atoms with Gasteiger partial charge in [0.05, 0.1) is 25.4 Å². The fourth-order valence-electron chi connectivity index (χ4n) is 3.41. The second kappa shape index (κ2) is 8.45. The Morgan fingerprint density at radius 3 is 2.27 bits per heavy atom. The summed E-state index contributed by atoms with van der Waals surface area (Å²) in [5.74, 6) is 2.57. The summed E-state index contributed by atoms with van der Waals surface area (Å²) in [7, 11) is 0. The van der Waals surface area contributed by atoms with Crippen LogP contribution in [0.1, 0.15) is 50.4 Å². The van der Waals surface area contributed by atoms with Crippen LogP contribution in [0.25, 0.3) is 0 Å². The van der Waals surface area contributed by atoms with Crippen LogP contribution in [0.5, 0.6) is 17.2 Å². The molecule has 2 aromatic carbocycles. The summed E-state index contributed by atoms with van der Waals surface area (Å²) in [5.41, 5.74) is 3.82. The van der Waals surface area contributed by atoms with E-state index >= 15 is 0 Å². The Hall–Kier alpha value is -2.20. The molecule has 1 heterocycles. The van der Waals surface area contributed by atoms with Crippen LogP contribution < -0.4 is 19.5 Å². The fourth-order valence-corrected chi connectivity index (χ4v) is 3.41. The minimum Gasteiger partial charge on any atom is -0.491 e. The van der Waals surface area contributed by atoms with E-state index in [2.05, 4.69) is 29.6 Å². The van der Waals surface area contributed by atoms with Gasteiger partial charge in [0.15, 0.2) is 11.5 Å². The first-order chi connectivity index (χ1) is 12.6. The highest BCUT2D eigenvalue weighted by Crippen LogP contribution is 2.38. The zero-order valence-electron chi connectivity index (χ0n) is 16.2. The Balaban J connectivity index is 1.93. The molecule has 0 aromatic heterocycles. The van der Waals surface area contributed by atoms with Gasteiger partial charge in [0.2, 0.25) is 0 Å². The van der Waals surface area contributed by atoms with Gasteiger partial charge in [-0.2, -0.15) is 0 Å². The molecule has 2 aromatic rings. The molecule has 0 amide bonds. The Labute approximate surface area is 156 Å². The van der Waals surface area contributed by atoms with Gasteiger partial charge in [-0.1, -0.05) is 12.1 Å². The van der Waals surface area contributed by atoms with E-state index in [0.29, 0.717) is 13.2 Å². The first-order valence-corrected chi connectivity index (χ1v) is 9.54. The third-order valence-corrected chi connectivity index (χ3v) is 4.44. The predicted octanol–water partition coefficient (Wildman–Crippen LogP) is 4.51. The Morgan fingerprint density at radius 2 is 1.65 bits per heavy atom. The molecule has 0 aliphatic carbocycles. The maximum atomic E-state index is 5.83. The van der Waals surface area contributed by atoms with E-state index in [4.69, 9.17) is 14.2 Å². The standard InChI is InChI=1S/C22H29NO3/c1-5-24-20-13-17-11-12-23-22(19(17)14-21(20)25-6-2)16-7-9-18(10-8-16)26-15(3)4/h7-10,13-15,22-23H,5-6,11-12H2,1-4H3/t22-/m0/s1. The number of rotatable bonds is 7. The number of hydrogen-bond donors (Lipinski definition) is 1. The summed E-state index contributed by atoms with van der Waals surface area (Å²) in [6, 6.07) is 12.8. The molecule has 3 rings (SSSR count). The van der Waals surface area contributed by atoms with Crippen LogP contribution in [0, 0.1) is 0 Å². The maximum absolute atomic E-state index is 5.83. The summed E-state index contributed by atoms with van der Waals surface area (Å²) in [6.45, 7) is 10.3. The average molecular weight is 355 g/mol. The molecule has 0 saturated heterocycles. The lowest BCUT2D eigenvalue weighted by atomic mass is 9.89. The van der Waals surface area contributed by atoms with Gasteiger partial charge in [-0.25, -0.2) is 0 Å². The van der Waals surface area contributed by atoms with Crippen LogP contribution >= 0.6 is 0 Å². The SMILES string of the molecule is CCOc1cc2c(cc1OCC)[C@H](c1ccc(OC(C)C)cc1)NCC2. The van der Waals surface area contributed by atoms with Crippen LogP contribution in [0.15, 0.2) is 36.4 Å². The quantitative estimate of drug-likeness (QED) is 0.793. The van der Waals surface area contributed by atoms with Crippen molar-refractivity contribution in [1.29, 1.82) is 0 Å². The van der Waals surface area contributed by atoms with Crippen molar-refractivity contribution < 1.29 is 14.2 Å². The minimum atomic E-state index is 0.154. The molecule has 4 nitrogen and oxygen atoms in total. The van der Waals surface area contributed by atoms with Gasteiger partial charge in [0.25, 0.3) is 0 Å². The summed E-state index contributed by atoms with van der Waals surface area (Å²) in [4.78, 5) is 0. The zero-order valence-corrected chi connectivity index (χ0v) is 16.2. The summed E-state index contributed by atoms with van der Waals surface area (Å²) >= 11 is 0. The highest BCUT2D eigenvalue weighted by atomic mass is 16.5. The third kappa shape index (κ3) is 4.13. The van der Waals surface area contributed by atoms with Crippen LogP contribution in [0.3, 0.4) is 0 Å². The molecule has 26 heavy (non-hydrogen) atoms. The molecule has 0 fully saturated rings. The van der Waals surface area contributed by atoms with Crippen LogP contribution in [-0.2, 0) is 6.42 Å². The number of hydrogen-bond acceptors (Lipinski definition) is 4. The van der Waals surface area contributed by atoms with Crippen molar-refractivity contribution in [3.63, 3.8) is 0 Å². The molecule has 0 spiro atoms. The second-order valence-electron chi connectivity index (χ2n) is 6.74. The van der Waals surface area contributed by atoms with E-state index in [9.17, 15) is 0 Å². The van der Waals surface area contributed by atoms with Crippen LogP contribution in [0.4, 0.5) is 0 Å². The lowest BCUT2D eigenvalue weighted by Crippen LogP contribution is -2.30. The number of benzene rings is 2. The molecule has 1 atom stereocenters. The van der Waals surface area contributed by atoms with E-state index in [1.807, 2.05) is 39.8 Å². The third-order valence-electron chi connectivity index (χ3n) is 4.44. The molecule has 140 valence electrons. The molecule has 0 bridgehead atoms. The van der Waals surface area contributed by atoms with Crippen molar-refractivity contribution in [1.82, 2.24) is 5.32 Å². The van der Waals surface area contributed by atoms with Gasteiger partial charge < -0.3 is 19.5 Å². The van der Waals surface area contributed by atoms with Crippen LogP contribution in [-0.4, -0.2) is 25.9 Å². The maximum Gasteiger partial charge on any atom is 0.161 e. The predicted molar refractivity (Wildman–Crippen MR) is 105 cm³/mol.